The van der Waals surface area contributed by atoms with Gasteiger partial charge < -0.3 is 24.0 Å². The molecule has 49 heavy (non-hydrogen) atoms. The molecule has 1 amide bonds. The molecule has 1 aromatic heterocycles. The van der Waals surface area contributed by atoms with Crippen LogP contribution in [0.3, 0.4) is 0 Å². The van der Waals surface area contributed by atoms with Gasteiger partial charge in [-0.15, -0.1) is 0 Å². The summed E-state index contributed by atoms with van der Waals surface area (Å²) in [5.41, 5.74) is 2.56. The number of rotatable bonds is 2. The molecule has 268 valence electrons. The minimum Gasteiger partial charge on any atom is -0.489 e. The lowest BCUT2D eigenvalue weighted by atomic mass is 9.64. The van der Waals surface area contributed by atoms with E-state index in [0.717, 1.165) is 69.5 Å². The van der Waals surface area contributed by atoms with Crippen LogP contribution in [0.15, 0.2) is 30.3 Å². The molecule has 1 N–H and O–H groups in total. The van der Waals surface area contributed by atoms with Gasteiger partial charge >= 0.3 is 0 Å². The average Bonchev–Trinajstić information content (AvgIpc) is 3.21. The number of benzene rings is 1. The third-order valence-corrected chi connectivity index (χ3v) is 14.9. The highest BCUT2D eigenvalue weighted by Crippen LogP contribution is 2.48. The normalized spacial score (nSPS) is 36.9. The predicted octanol–water partition coefficient (Wildman–Crippen LogP) is 5.72. The highest BCUT2D eigenvalue weighted by molar-refractivity contribution is 7.99. The standard InChI is InChI=1S/C38H53ClN4O5S/c1-24-8-6-10-31(37-46-20-29(21-47-37)42(3)4)30-13-11-27(30)19-43-22-38(17-7-9-26-18-28(39)12-14-32(26)38)23-48-34-16-15-33(40-35(34)43)36(44)41-49(5,45)25(24)2/h12,14-16,18,24-25,27,29-31,37H,5-11,13,17,19-23H2,1-4H3,(H,41,44,45)/t24-,25+,27-,29?,30+,31+,37?,38-,49?/m0/s1. The molecular formula is C38H53ClN4O5S. The van der Waals surface area contributed by atoms with E-state index in [1.807, 2.05) is 19.1 Å². The number of carbonyl (C=O) groups is 1. The minimum atomic E-state index is -2.94. The molecule has 2 fully saturated rings. The first-order valence-corrected chi connectivity index (χ1v) is 20.4. The number of halogens is 1. The first-order chi connectivity index (χ1) is 23.4. The van der Waals surface area contributed by atoms with E-state index in [2.05, 4.69) is 53.5 Å². The first kappa shape index (κ1) is 35.1. The van der Waals surface area contributed by atoms with Gasteiger partial charge in [0.1, 0.15) is 5.69 Å². The number of carbonyl (C=O) groups excluding carboxylic acids is 1. The van der Waals surface area contributed by atoms with E-state index < -0.39 is 15.6 Å². The van der Waals surface area contributed by atoms with Crippen molar-refractivity contribution in [2.75, 3.05) is 51.9 Å². The molecule has 0 radical (unpaired) electrons. The molecule has 1 saturated heterocycles. The van der Waals surface area contributed by atoms with E-state index in [0.29, 0.717) is 43.2 Å². The lowest BCUT2D eigenvalue weighted by Gasteiger charge is -2.49. The van der Waals surface area contributed by atoms with Gasteiger partial charge in [-0.3, -0.25) is 9.52 Å². The molecule has 9 nitrogen and oxygen atoms in total. The number of aryl methyl sites for hydroxylation is 1. The molecule has 3 aliphatic heterocycles. The second-order valence-corrected chi connectivity index (χ2v) is 18.5. The van der Waals surface area contributed by atoms with Gasteiger partial charge in [-0.1, -0.05) is 31.0 Å². The number of anilines is 1. The number of pyridine rings is 1. The maximum atomic E-state index is 13.9. The van der Waals surface area contributed by atoms with Crippen LogP contribution in [0.5, 0.6) is 5.75 Å². The van der Waals surface area contributed by atoms with Crippen molar-refractivity contribution < 1.29 is 23.2 Å². The Hall–Kier alpha value is -2.37. The lowest BCUT2D eigenvalue weighted by molar-refractivity contribution is -0.240. The Bertz CT molecular complexity index is 1650. The fourth-order valence-corrected chi connectivity index (χ4v) is 10.7. The van der Waals surface area contributed by atoms with E-state index >= 15 is 0 Å². The van der Waals surface area contributed by atoms with Gasteiger partial charge in [0.2, 0.25) is 0 Å². The molecule has 1 unspecified atom stereocenters. The largest absolute Gasteiger partial charge is 0.489 e. The van der Waals surface area contributed by atoms with Crippen LogP contribution in [0.1, 0.15) is 80.4 Å². The highest BCUT2D eigenvalue weighted by atomic mass is 35.5. The van der Waals surface area contributed by atoms with Crippen molar-refractivity contribution in [3.05, 3.63) is 52.2 Å². The number of aromatic nitrogens is 1. The molecule has 7 rings (SSSR count). The van der Waals surface area contributed by atoms with E-state index in [4.69, 9.17) is 30.8 Å². The molecule has 2 aromatic rings. The van der Waals surface area contributed by atoms with Gasteiger partial charge in [-0.05, 0) is 125 Å². The molecule has 1 spiro atoms. The number of nitrogens with zero attached hydrogens (tertiary/aromatic N) is 3. The fraction of sp³-hybridized carbons (Fsp3) is 0.658. The monoisotopic (exact) mass is 712 g/mol. The maximum absolute atomic E-state index is 13.9. The summed E-state index contributed by atoms with van der Waals surface area (Å²) in [6.07, 6.45) is 7.88. The van der Waals surface area contributed by atoms with Crippen molar-refractivity contribution in [2.45, 2.75) is 88.2 Å². The zero-order valence-corrected chi connectivity index (χ0v) is 31.1. The first-order valence-electron chi connectivity index (χ1n) is 18.2. The van der Waals surface area contributed by atoms with Gasteiger partial charge in [0.05, 0.1) is 35.6 Å². The van der Waals surface area contributed by atoms with Crippen molar-refractivity contribution in [1.82, 2.24) is 14.6 Å². The van der Waals surface area contributed by atoms with Gasteiger partial charge in [-0.2, -0.15) is 0 Å². The average molecular weight is 713 g/mol. The van der Waals surface area contributed by atoms with Crippen LogP contribution in [0, 0.1) is 23.7 Å². The van der Waals surface area contributed by atoms with Crippen LogP contribution >= 0.6 is 11.6 Å². The van der Waals surface area contributed by atoms with Crippen molar-refractivity contribution in [3.8, 4) is 5.75 Å². The summed E-state index contributed by atoms with van der Waals surface area (Å²) in [6, 6.07) is 10.1. The number of hydrogen-bond acceptors (Lipinski definition) is 8. The van der Waals surface area contributed by atoms with Gasteiger partial charge in [0.15, 0.2) is 17.9 Å². The molecule has 5 aliphatic rings. The molecule has 2 aliphatic carbocycles. The Morgan fingerprint density at radius 3 is 2.59 bits per heavy atom. The van der Waals surface area contributed by atoms with E-state index in [1.54, 1.807) is 6.07 Å². The Morgan fingerprint density at radius 1 is 1.06 bits per heavy atom. The third kappa shape index (κ3) is 6.97. The summed E-state index contributed by atoms with van der Waals surface area (Å²) in [4.78, 5) is 23.2. The van der Waals surface area contributed by atoms with Gasteiger partial charge in [0.25, 0.3) is 5.91 Å². The van der Waals surface area contributed by atoms with Crippen LogP contribution in [0.25, 0.3) is 0 Å². The molecule has 7 atom stereocenters. The number of hydrogen-bond donors (Lipinski definition) is 1. The van der Waals surface area contributed by atoms with Crippen LogP contribution < -0.4 is 14.4 Å². The third-order valence-electron chi connectivity index (χ3n) is 12.4. The number of ether oxygens (including phenoxy) is 3. The fourth-order valence-electron chi connectivity index (χ4n) is 8.97. The van der Waals surface area contributed by atoms with Crippen LogP contribution in [-0.4, -0.2) is 90.5 Å². The minimum absolute atomic E-state index is 0.107. The molecule has 2 bridgehead atoms. The summed E-state index contributed by atoms with van der Waals surface area (Å²) < 4.78 is 36.3. The summed E-state index contributed by atoms with van der Waals surface area (Å²) in [7, 11) is 1.21. The van der Waals surface area contributed by atoms with Crippen LogP contribution in [-0.2, 0) is 31.0 Å². The Labute approximate surface area is 297 Å². The maximum Gasteiger partial charge on any atom is 0.281 e. The molecular weight excluding hydrogens is 660 g/mol. The Kier molecular flexibility index (Phi) is 10.0. The summed E-state index contributed by atoms with van der Waals surface area (Å²) in [6.45, 7) is 7.43. The SMILES string of the molecule is C=S1(=O)NC(=O)c2ccc3c(n2)N(C[C@@H]2CC[C@H]2[C@H](C2OCC(N(C)C)CO2)CCC[C@H](C)[C@H]1C)C[C@@]1(CCCc2cc(Cl)ccc21)CO3. The number of fused-ring (bicyclic) bond motifs is 4. The number of amides is 1. The Balaban J connectivity index is 1.26. The van der Waals surface area contributed by atoms with Crippen LogP contribution in [0.2, 0.25) is 5.02 Å². The van der Waals surface area contributed by atoms with Crippen LogP contribution in [0.4, 0.5) is 5.82 Å². The zero-order chi connectivity index (χ0) is 34.5. The Morgan fingerprint density at radius 2 is 1.86 bits per heavy atom. The van der Waals surface area contributed by atoms with E-state index in [1.165, 1.54) is 11.1 Å². The summed E-state index contributed by atoms with van der Waals surface area (Å²) in [5, 5.41) is 0.455. The molecule has 4 heterocycles. The van der Waals surface area contributed by atoms with Gasteiger partial charge in [-0.25, -0.2) is 9.19 Å². The van der Waals surface area contributed by atoms with Crippen molar-refractivity contribution in [2.24, 2.45) is 23.7 Å². The summed E-state index contributed by atoms with van der Waals surface area (Å²) >= 11 is 6.48. The van der Waals surface area contributed by atoms with Crippen molar-refractivity contribution in [3.63, 3.8) is 0 Å². The highest BCUT2D eigenvalue weighted by Gasteiger charge is 2.47. The predicted molar refractivity (Wildman–Crippen MR) is 196 cm³/mol. The topological polar surface area (TPSA) is 93.2 Å². The second kappa shape index (κ2) is 14.0. The van der Waals surface area contributed by atoms with Crippen molar-refractivity contribution >= 4 is 38.9 Å². The van der Waals surface area contributed by atoms with E-state index in [9.17, 15) is 9.00 Å². The van der Waals surface area contributed by atoms with E-state index in [-0.39, 0.29) is 40.5 Å². The molecule has 1 saturated carbocycles. The van der Waals surface area contributed by atoms with Crippen molar-refractivity contribution in [1.29, 1.82) is 0 Å². The molecule has 1 aromatic carbocycles. The summed E-state index contributed by atoms with van der Waals surface area (Å²) in [5.74, 6) is 6.14. The zero-order valence-electron chi connectivity index (χ0n) is 29.5. The van der Waals surface area contributed by atoms with Gasteiger partial charge in [0, 0.05) is 34.7 Å². The lowest BCUT2D eigenvalue weighted by Crippen LogP contribution is -2.52. The number of likely N-dealkylation sites (N-methyl/N-ethyl adjacent to an activating group) is 1. The molecule has 11 heteroatoms. The number of nitrogens with one attached hydrogen (secondary N) is 1. The second-order valence-electron chi connectivity index (χ2n) is 15.7. The quantitative estimate of drug-likeness (QED) is 0.396. The smallest absolute Gasteiger partial charge is 0.281 e.